The summed E-state index contributed by atoms with van der Waals surface area (Å²) in [5, 5.41) is 3.58. The molecular weight excluding hydrogens is 581 g/mol. The zero-order valence-corrected chi connectivity index (χ0v) is 26.6. The predicted octanol–water partition coefficient (Wildman–Crippen LogP) is 6.45. The van der Waals surface area contributed by atoms with Gasteiger partial charge >= 0.3 is 0 Å². The number of carbonyl (C=O) groups is 2. The van der Waals surface area contributed by atoms with Crippen molar-refractivity contribution in [3.63, 3.8) is 0 Å². The molecule has 0 unspecified atom stereocenters. The van der Waals surface area contributed by atoms with Gasteiger partial charge in [0.1, 0.15) is 12.6 Å². The first kappa shape index (κ1) is 32.4. The van der Waals surface area contributed by atoms with E-state index in [0.29, 0.717) is 27.7 Å². The molecule has 0 fully saturated rings. The third-order valence-electron chi connectivity index (χ3n) is 7.22. The number of benzene rings is 3. The highest BCUT2D eigenvalue weighted by Gasteiger charge is 2.33. The fraction of sp³-hybridized carbons (Fsp3) is 0.355. The van der Waals surface area contributed by atoms with E-state index in [1.54, 1.807) is 49.4 Å². The van der Waals surface area contributed by atoms with Crippen LogP contribution in [0.25, 0.3) is 0 Å². The van der Waals surface area contributed by atoms with E-state index >= 15 is 0 Å². The average molecular weight is 619 g/mol. The van der Waals surface area contributed by atoms with Crippen molar-refractivity contribution < 1.29 is 18.0 Å². The molecule has 0 bridgehead atoms. The summed E-state index contributed by atoms with van der Waals surface area (Å²) in [5.41, 5.74) is 3.57. The molecule has 1 N–H and O–H groups in total. The minimum Gasteiger partial charge on any atom is -0.352 e. The second kappa shape index (κ2) is 13.7. The monoisotopic (exact) mass is 617 g/mol. The lowest BCUT2D eigenvalue weighted by Crippen LogP contribution is -2.52. The normalized spacial score (nSPS) is 12.9. The number of anilines is 1. The summed E-state index contributed by atoms with van der Waals surface area (Å²) in [6.07, 6.45) is 0.706. The van der Waals surface area contributed by atoms with Gasteiger partial charge in [0, 0.05) is 28.2 Å². The van der Waals surface area contributed by atoms with Crippen molar-refractivity contribution in [1.82, 2.24) is 10.2 Å². The number of halogens is 2. The van der Waals surface area contributed by atoms with Gasteiger partial charge in [-0.05, 0) is 88.6 Å². The van der Waals surface area contributed by atoms with E-state index in [0.717, 1.165) is 21.0 Å². The molecule has 10 heteroatoms. The fourth-order valence-electron chi connectivity index (χ4n) is 4.15. The van der Waals surface area contributed by atoms with Crippen LogP contribution < -0.4 is 9.62 Å². The summed E-state index contributed by atoms with van der Waals surface area (Å²) in [6, 6.07) is 15.6. The van der Waals surface area contributed by atoms with E-state index < -0.39 is 28.5 Å². The molecule has 2 atom stereocenters. The number of aryl methyl sites for hydroxylation is 3. The Morgan fingerprint density at radius 3 is 2.07 bits per heavy atom. The summed E-state index contributed by atoms with van der Waals surface area (Å²) in [7, 11) is -4.15. The van der Waals surface area contributed by atoms with E-state index in [1.807, 2.05) is 40.7 Å². The van der Waals surface area contributed by atoms with Crippen molar-refractivity contribution in [1.29, 1.82) is 0 Å². The molecule has 0 spiro atoms. The molecule has 0 aromatic heterocycles. The van der Waals surface area contributed by atoms with E-state index in [9.17, 15) is 18.0 Å². The van der Waals surface area contributed by atoms with Crippen LogP contribution in [0, 0.1) is 20.8 Å². The van der Waals surface area contributed by atoms with Crippen LogP contribution in [0.4, 0.5) is 5.69 Å². The molecule has 2 amide bonds. The molecule has 0 aliphatic rings. The number of hydrogen-bond acceptors (Lipinski definition) is 4. The SMILES string of the molecule is CC[C@@H](C)NC(=O)[C@H](C)N(Cc1c(Cl)cccc1Cl)C(=O)CN(c1ccc(C)c(C)c1)S(=O)(=O)c1ccc(C)cc1. The number of nitrogens with zero attached hydrogens (tertiary/aromatic N) is 2. The lowest BCUT2D eigenvalue weighted by molar-refractivity contribution is -0.139. The highest BCUT2D eigenvalue weighted by molar-refractivity contribution is 7.92. The fourth-order valence-corrected chi connectivity index (χ4v) is 6.07. The van der Waals surface area contributed by atoms with Crippen LogP contribution in [0.1, 0.15) is 49.4 Å². The second-order valence-corrected chi connectivity index (χ2v) is 13.0. The number of carbonyl (C=O) groups excluding carboxylic acids is 2. The quantitative estimate of drug-likeness (QED) is 0.268. The Hall–Kier alpha value is -3.07. The van der Waals surface area contributed by atoms with Crippen LogP contribution in [0.5, 0.6) is 0 Å². The van der Waals surface area contributed by atoms with Gasteiger partial charge in [-0.25, -0.2) is 8.42 Å². The van der Waals surface area contributed by atoms with Gasteiger partial charge in [0.25, 0.3) is 10.0 Å². The Morgan fingerprint density at radius 1 is 0.902 bits per heavy atom. The van der Waals surface area contributed by atoms with Gasteiger partial charge in [0.2, 0.25) is 11.8 Å². The summed E-state index contributed by atoms with van der Waals surface area (Å²) < 4.78 is 29.1. The molecule has 220 valence electrons. The zero-order valence-electron chi connectivity index (χ0n) is 24.2. The van der Waals surface area contributed by atoms with E-state index in [1.165, 1.54) is 17.0 Å². The highest BCUT2D eigenvalue weighted by atomic mass is 35.5. The Balaban J connectivity index is 2.09. The maximum absolute atomic E-state index is 14.1. The number of nitrogens with one attached hydrogen (secondary N) is 1. The number of sulfonamides is 1. The lowest BCUT2D eigenvalue weighted by Gasteiger charge is -2.33. The van der Waals surface area contributed by atoms with Crippen molar-refractivity contribution in [3.8, 4) is 0 Å². The summed E-state index contributed by atoms with van der Waals surface area (Å²) in [5.74, 6) is -0.947. The number of hydrogen-bond donors (Lipinski definition) is 1. The molecule has 0 radical (unpaired) electrons. The predicted molar refractivity (Wildman–Crippen MR) is 166 cm³/mol. The molecule has 7 nitrogen and oxygen atoms in total. The Bertz CT molecular complexity index is 1490. The van der Waals surface area contributed by atoms with Crippen LogP contribution in [-0.4, -0.2) is 43.8 Å². The maximum atomic E-state index is 14.1. The topological polar surface area (TPSA) is 86.8 Å². The van der Waals surface area contributed by atoms with Gasteiger partial charge in [-0.15, -0.1) is 0 Å². The first-order valence-corrected chi connectivity index (χ1v) is 15.6. The van der Waals surface area contributed by atoms with Crippen molar-refractivity contribution in [2.75, 3.05) is 10.8 Å². The van der Waals surface area contributed by atoms with Gasteiger partial charge < -0.3 is 10.2 Å². The molecule has 0 saturated carbocycles. The van der Waals surface area contributed by atoms with Gasteiger partial charge in [0.05, 0.1) is 10.6 Å². The van der Waals surface area contributed by atoms with Crippen LogP contribution >= 0.6 is 23.2 Å². The minimum absolute atomic E-state index is 0.0531. The Labute approximate surface area is 253 Å². The molecule has 3 aromatic rings. The second-order valence-electron chi connectivity index (χ2n) is 10.3. The molecule has 0 heterocycles. The van der Waals surface area contributed by atoms with Gasteiger partial charge in [-0.1, -0.05) is 60.0 Å². The summed E-state index contributed by atoms with van der Waals surface area (Å²) in [6.45, 7) is 10.5. The zero-order chi connectivity index (χ0) is 30.5. The van der Waals surface area contributed by atoms with E-state index in [4.69, 9.17) is 23.2 Å². The summed E-state index contributed by atoms with van der Waals surface area (Å²) in [4.78, 5) is 28.7. The van der Waals surface area contributed by atoms with Crippen LogP contribution in [0.15, 0.2) is 65.6 Å². The molecule has 0 aliphatic heterocycles. The smallest absolute Gasteiger partial charge is 0.264 e. The van der Waals surface area contributed by atoms with Gasteiger partial charge in [-0.3, -0.25) is 13.9 Å². The largest absolute Gasteiger partial charge is 0.352 e. The van der Waals surface area contributed by atoms with E-state index in [-0.39, 0.29) is 23.4 Å². The standard InChI is InChI=1S/C31H37Cl2N3O4S/c1-7-23(5)34-31(38)24(6)35(18-27-28(32)9-8-10-29(27)33)30(37)19-36(25-14-13-21(3)22(4)17-25)41(39,40)26-15-11-20(2)12-16-26/h8-17,23-24H,7,18-19H2,1-6H3,(H,34,38)/t23-,24+/m1/s1. The third-order valence-corrected chi connectivity index (χ3v) is 9.72. The number of amides is 2. The van der Waals surface area contributed by atoms with Crippen LogP contribution in [-0.2, 0) is 26.2 Å². The number of rotatable bonds is 11. The maximum Gasteiger partial charge on any atom is 0.264 e. The first-order valence-electron chi connectivity index (χ1n) is 13.5. The Morgan fingerprint density at radius 2 is 1.51 bits per heavy atom. The van der Waals surface area contributed by atoms with Crippen molar-refractivity contribution in [2.45, 2.75) is 71.5 Å². The van der Waals surface area contributed by atoms with Crippen molar-refractivity contribution in [2.24, 2.45) is 0 Å². The lowest BCUT2D eigenvalue weighted by atomic mass is 10.1. The minimum atomic E-state index is -4.15. The Kier molecular flexibility index (Phi) is 10.9. The van der Waals surface area contributed by atoms with E-state index in [2.05, 4.69) is 5.32 Å². The molecule has 3 rings (SSSR count). The van der Waals surface area contributed by atoms with Crippen LogP contribution in [0.2, 0.25) is 10.0 Å². The van der Waals surface area contributed by atoms with Gasteiger partial charge in [-0.2, -0.15) is 0 Å². The highest BCUT2D eigenvalue weighted by Crippen LogP contribution is 2.29. The molecular formula is C31H37Cl2N3O4S. The molecule has 0 aliphatic carbocycles. The average Bonchev–Trinajstić information content (AvgIpc) is 2.92. The molecule has 41 heavy (non-hydrogen) atoms. The van der Waals surface area contributed by atoms with Gasteiger partial charge in [0.15, 0.2) is 0 Å². The van der Waals surface area contributed by atoms with Crippen molar-refractivity contribution in [3.05, 3.63) is 93.0 Å². The summed E-state index contributed by atoms with van der Waals surface area (Å²) >= 11 is 12.9. The van der Waals surface area contributed by atoms with Crippen LogP contribution in [0.3, 0.4) is 0 Å². The molecule has 0 saturated heterocycles. The first-order chi connectivity index (χ1) is 19.3. The molecule has 3 aromatic carbocycles. The third kappa shape index (κ3) is 7.82. The van der Waals surface area contributed by atoms with Crippen molar-refractivity contribution >= 4 is 50.7 Å².